The minimum absolute atomic E-state index is 0.126. The number of methoxy groups -OCH3 is 2. The highest BCUT2D eigenvalue weighted by Crippen LogP contribution is 2.41. The second kappa shape index (κ2) is 10.7. The van der Waals surface area contributed by atoms with E-state index in [1.165, 1.54) is 25.2 Å². The molecule has 2 amide bonds. The number of anilines is 1. The first-order valence-electron chi connectivity index (χ1n) is 10.6. The number of amides is 2. The van der Waals surface area contributed by atoms with Gasteiger partial charge in [-0.1, -0.05) is 30.3 Å². The van der Waals surface area contributed by atoms with Crippen molar-refractivity contribution in [3.05, 3.63) is 59.2 Å². The molecule has 33 heavy (non-hydrogen) atoms. The number of nitrogens with zero attached hydrogens (tertiary/aromatic N) is 1. The third kappa shape index (κ3) is 5.36. The SMILES string of the molecule is CCOC(=O)N1c2cc(C(=O)OC)c(OC)cc2C(NC(=O)OCc2ccccc2)CC1C. The van der Waals surface area contributed by atoms with Gasteiger partial charge in [-0.3, -0.25) is 4.90 Å². The van der Waals surface area contributed by atoms with E-state index in [1.54, 1.807) is 13.0 Å². The number of benzene rings is 2. The zero-order valence-corrected chi connectivity index (χ0v) is 19.1. The fraction of sp³-hybridized carbons (Fsp3) is 0.375. The van der Waals surface area contributed by atoms with Gasteiger partial charge in [0.15, 0.2) is 0 Å². The summed E-state index contributed by atoms with van der Waals surface area (Å²) in [7, 11) is 2.69. The van der Waals surface area contributed by atoms with E-state index in [1.807, 2.05) is 37.3 Å². The van der Waals surface area contributed by atoms with E-state index < -0.39 is 24.2 Å². The van der Waals surface area contributed by atoms with Crippen LogP contribution in [-0.4, -0.2) is 45.0 Å². The molecular formula is C24H28N2O7. The van der Waals surface area contributed by atoms with E-state index in [-0.39, 0.29) is 30.6 Å². The van der Waals surface area contributed by atoms with Crippen LogP contribution in [0, 0.1) is 0 Å². The third-order valence-electron chi connectivity index (χ3n) is 5.38. The van der Waals surface area contributed by atoms with Gasteiger partial charge in [0.25, 0.3) is 0 Å². The van der Waals surface area contributed by atoms with Gasteiger partial charge >= 0.3 is 18.2 Å². The topological polar surface area (TPSA) is 103 Å². The monoisotopic (exact) mass is 456 g/mol. The van der Waals surface area contributed by atoms with Gasteiger partial charge in [0.05, 0.1) is 32.6 Å². The second-order valence-electron chi connectivity index (χ2n) is 7.52. The molecule has 0 aromatic heterocycles. The smallest absolute Gasteiger partial charge is 0.414 e. The van der Waals surface area contributed by atoms with Crippen molar-refractivity contribution in [1.82, 2.24) is 5.32 Å². The average molecular weight is 456 g/mol. The highest BCUT2D eigenvalue weighted by atomic mass is 16.6. The Bertz CT molecular complexity index is 1010. The number of hydrogen-bond acceptors (Lipinski definition) is 7. The minimum atomic E-state index is -0.608. The molecule has 3 rings (SSSR count). The maximum Gasteiger partial charge on any atom is 0.414 e. The lowest BCUT2D eigenvalue weighted by atomic mass is 9.90. The second-order valence-corrected chi connectivity index (χ2v) is 7.52. The van der Waals surface area contributed by atoms with Gasteiger partial charge in [-0.2, -0.15) is 0 Å². The van der Waals surface area contributed by atoms with Crippen LogP contribution in [0.2, 0.25) is 0 Å². The molecule has 9 nitrogen and oxygen atoms in total. The summed E-state index contributed by atoms with van der Waals surface area (Å²) in [5.74, 6) is -0.341. The predicted octanol–water partition coefficient (Wildman–Crippen LogP) is 4.20. The highest BCUT2D eigenvalue weighted by Gasteiger charge is 2.37. The molecule has 9 heteroatoms. The molecule has 176 valence electrons. The summed E-state index contributed by atoms with van der Waals surface area (Å²) < 4.78 is 20.8. The number of carbonyl (C=O) groups excluding carboxylic acids is 3. The van der Waals surface area contributed by atoms with E-state index in [0.29, 0.717) is 17.7 Å². The molecule has 0 fully saturated rings. The van der Waals surface area contributed by atoms with Crippen LogP contribution in [0.15, 0.2) is 42.5 Å². The fourth-order valence-electron chi connectivity index (χ4n) is 3.84. The number of fused-ring (bicyclic) bond motifs is 1. The van der Waals surface area contributed by atoms with Crippen LogP contribution in [0.25, 0.3) is 0 Å². The zero-order chi connectivity index (χ0) is 24.0. The number of rotatable bonds is 6. The predicted molar refractivity (Wildman–Crippen MR) is 120 cm³/mol. The maximum absolute atomic E-state index is 12.7. The molecule has 0 spiro atoms. The summed E-state index contributed by atoms with van der Waals surface area (Å²) in [6, 6.07) is 11.7. The van der Waals surface area contributed by atoms with Crippen molar-refractivity contribution in [1.29, 1.82) is 0 Å². The lowest BCUT2D eigenvalue weighted by Gasteiger charge is -2.39. The van der Waals surface area contributed by atoms with Crippen LogP contribution in [-0.2, 0) is 20.8 Å². The van der Waals surface area contributed by atoms with Crippen LogP contribution in [0.1, 0.15) is 47.8 Å². The average Bonchev–Trinajstić information content (AvgIpc) is 2.82. The number of esters is 1. The number of carbonyl (C=O) groups is 3. The Hall–Kier alpha value is -3.75. The molecular weight excluding hydrogens is 428 g/mol. The molecule has 2 aromatic rings. The number of hydrogen-bond donors (Lipinski definition) is 1. The van der Waals surface area contributed by atoms with Gasteiger partial charge in [-0.25, -0.2) is 14.4 Å². The van der Waals surface area contributed by atoms with Gasteiger partial charge in [-0.05, 0) is 38.0 Å². The summed E-state index contributed by atoms with van der Waals surface area (Å²) in [5, 5.41) is 2.87. The molecule has 1 aliphatic rings. The molecule has 0 saturated carbocycles. The van der Waals surface area contributed by atoms with Crippen molar-refractivity contribution in [3.63, 3.8) is 0 Å². The summed E-state index contributed by atoms with van der Waals surface area (Å²) in [5.41, 5.74) is 2.06. The first-order valence-corrected chi connectivity index (χ1v) is 10.6. The van der Waals surface area contributed by atoms with E-state index in [9.17, 15) is 14.4 Å². The van der Waals surface area contributed by atoms with Crippen LogP contribution in [0.3, 0.4) is 0 Å². The molecule has 0 saturated heterocycles. The summed E-state index contributed by atoms with van der Waals surface area (Å²) in [6.45, 7) is 3.88. The van der Waals surface area contributed by atoms with E-state index in [2.05, 4.69) is 5.32 Å². The molecule has 0 radical (unpaired) electrons. The van der Waals surface area contributed by atoms with Crippen molar-refractivity contribution in [2.24, 2.45) is 0 Å². The van der Waals surface area contributed by atoms with Crippen molar-refractivity contribution in [2.45, 2.75) is 39.0 Å². The molecule has 1 heterocycles. The minimum Gasteiger partial charge on any atom is -0.496 e. The molecule has 2 unspecified atom stereocenters. The lowest BCUT2D eigenvalue weighted by Crippen LogP contribution is -2.46. The Morgan fingerprint density at radius 3 is 2.45 bits per heavy atom. The van der Waals surface area contributed by atoms with Gasteiger partial charge in [0.2, 0.25) is 0 Å². The maximum atomic E-state index is 12.7. The van der Waals surface area contributed by atoms with Gasteiger partial charge < -0.3 is 24.3 Å². The molecule has 2 atom stereocenters. The van der Waals surface area contributed by atoms with E-state index in [4.69, 9.17) is 18.9 Å². The third-order valence-corrected chi connectivity index (χ3v) is 5.38. The van der Waals surface area contributed by atoms with Crippen LogP contribution < -0.4 is 15.0 Å². The highest BCUT2D eigenvalue weighted by molar-refractivity contribution is 5.97. The number of alkyl carbamates (subject to hydrolysis) is 1. The molecule has 1 aliphatic heterocycles. The van der Waals surface area contributed by atoms with Gasteiger partial charge in [0.1, 0.15) is 17.9 Å². The Morgan fingerprint density at radius 1 is 1.09 bits per heavy atom. The summed E-state index contributed by atoms with van der Waals surface area (Å²) in [4.78, 5) is 39.0. The number of ether oxygens (including phenoxy) is 4. The van der Waals surface area contributed by atoms with Crippen molar-refractivity contribution < 1.29 is 33.3 Å². The normalized spacial score (nSPS) is 16.9. The van der Waals surface area contributed by atoms with E-state index in [0.717, 1.165) is 5.56 Å². The van der Waals surface area contributed by atoms with E-state index >= 15 is 0 Å². The molecule has 0 aliphatic carbocycles. The molecule has 0 bridgehead atoms. The first-order chi connectivity index (χ1) is 15.9. The first kappa shape index (κ1) is 23.9. The van der Waals surface area contributed by atoms with Gasteiger partial charge in [0, 0.05) is 11.6 Å². The Balaban J connectivity index is 1.93. The van der Waals surface area contributed by atoms with Crippen LogP contribution in [0.4, 0.5) is 15.3 Å². The zero-order valence-electron chi connectivity index (χ0n) is 19.1. The quantitative estimate of drug-likeness (QED) is 0.513. The Kier molecular flexibility index (Phi) is 7.76. The van der Waals surface area contributed by atoms with Crippen LogP contribution in [0.5, 0.6) is 5.75 Å². The largest absolute Gasteiger partial charge is 0.496 e. The molecule has 1 N–H and O–H groups in total. The standard InChI is InChI=1S/C24H28N2O7/c1-5-32-24(29)26-15(2)11-19(25-23(28)33-14-16-9-7-6-8-10-16)17-13-21(30-3)18(12-20(17)26)22(27)31-4/h6-10,12-13,15,19H,5,11,14H2,1-4H3,(H,25,28). The fourth-order valence-corrected chi connectivity index (χ4v) is 3.84. The van der Waals surface area contributed by atoms with Crippen LogP contribution >= 0.6 is 0 Å². The number of nitrogens with one attached hydrogen (secondary N) is 1. The summed E-state index contributed by atoms with van der Waals surface area (Å²) in [6.07, 6.45) is -0.729. The Labute approximate surface area is 192 Å². The van der Waals surface area contributed by atoms with Gasteiger partial charge in [-0.15, -0.1) is 0 Å². The lowest BCUT2D eigenvalue weighted by molar-refractivity contribution is 0.0596. The Morgan fingerprint density at radius 2 is 1.82 bits per heavy atom. The summed E-state index contributed by atoms with van der Waals surface area (Å²) >= 11 is 0. The van der Waals surface area contributed by atoms with Crippen molar-refractivity contribution in [3.8, 4) is 5.75 Å². The van der Waals surface area contributed by atoms with Crippen molar-refractivity contribution in [2.75, 3.05) is 25.7 Å². The van der Waals surface area contributed by atoms with Crippen molar-refractivity contribution >= 4 is 23.8 Å². The molecule has 2 aromatic carbocycles.